The van der Waals surface area contributed by atoms with E-state index in [-0.39, 0.29) is 12.2 Å². The molecule has 1 aliphatic rings. The van der Waals surface area contributed by atoms with Gasteiger partial charge in [0.15, 0.2) is 0 Å². The number of carbonyl (C=O) groups is 1. The topological polar surface area (TPSA) is 29.5 Å². The van der Waals surface area contributed by atoms with Crippen LogP contribution in [0.2, 0.25) is 10.0 Å². The first-order chi connectivity index (χ1) is 7.06. The van der Waals surface area contributed by atoms with Gasteiger partial charge >= 0.3 is 6.09 Å². The zero-order valence-corrected chi connectivity index (χ0v) is 9.55. The van der Waals surface area contributed by atoms with Gasteiger partial charge in [-0.2, -0.15) is 0 Å². The Balaban J connectivity index is 2.27. The van der Waals surface area contributed by atoms with Gasteiger partial charge in [-0.25, -0.2) is 4.79 Å². The number of likely N-dealkylation sites (N-methyl/N-ethyl adjacent to an activating group) is 1. The van der Waals surface area contributed by atoms with Crippen LogP contribution >= 0.6 is 23.2 Å². The van der Waals surface area contributed by atoms with Crippen molar-refractivity contribution in [1.82, 2.24) is 4.90 Å². The molecule has 0 radical (unpaired) electrons. The smallest absolute Gasteiger partial charge is 0.410 e. The van der Waals surface area contributed by atoms with Crippen molar-refractivity contribution in [2.75, 3.05) is 13.6 Å². The van der Waals surface area contributed by atoms with Crippen molar-refractivity contribution in [3.8, 4) is 0 Å². The largest absolute Gasteiger partial charge is 0.439 e. The molecule has 0 unspecified atom stereocenters. The second-order valence-corrected chi connectivity index (χ2v) is 4.33. The summed E-state index contributed by atoms with van der Waals surface area (Å²) in [5.74, 6) is 0. The maximum absolute atomic E-state index is 11.2. The molecule has 1 aliphatic heterocycles. The van der Waals surface area contributed by atoms with Crippen LogP contribution in [0.1, 0.15) is 11.7 Å². The van der Waals surface area contributed by atoms with Crippen molar-refractivity contribution in [2.45, 2.75) is 6.10 Å². The molecule has 1 aromatic carbocycles. The monoisotopic (exact) mass is 245 g/mol. The van der Waals surface area contributed by atoms with Crippen molar-refractivity contribution >= 4 is 29.3 Å². The molecule has 1 amide bonds. The summed E-state index contributed by atoms with van der Waals surface area (Å²) in [4.78, 5) is 12.7. The standard InChI is InChI=1S/C10H9Cl2NO2/c1-13-5-9(15-10(13)14)6-2-7(11)4-8(12)3-6/h2-4,9H,5H2,1H3/t9-/m1/s1. The van der Waals surface area contributed by atoms with E-state index in [9.17, 15) is 4.79 Å². The Morgan fingerprint density at radius 1 is 1.33 bits per heavy atom. The first kappa shape index (κ1) is 10.6. The van der Waals surface area contributed by atoms with E-state index in [1.54, 1.807) is 25.2 Å². The van der Waals surface area contributed by atoms with Crippen LogP contribution in [0.3, 0.4) is 0 Å². The minimum atomic E-state index is -0.323. The third-order valence-corrected chi connectivity index (χ3v) is 2.69. The lowest BCUT2D eigenvalue weighted by Gasteiger charge is -2.09. The van der Waals surface area contributed by atoms with Crippen molar-refractivity contribution < 1.29 is 9.53 Å². The summed E-state index contributed by atoms with van der Waals surface area (Å²) < 4.78 is 5.14. The number of hydrogen-bond acceptors (Lipinski definition) is 2. The Morgan fingerprint density at radius 2 is 1.93 bits per heavy atom. The van der Waals surface area contributed by atoms with Gasteiger partial charge in [0.1, 0.15) is 6.10 Å². The van der Waals surface area contributed by atoms with Crippen molar-refractivity contribution in [2.24, 2.45) is 0 Å². The maximum Gasteiger partial charge on any atom is 0.410 e. The summed E-state index contributed by atoms with van der Waals surface area (Å²) >= 11 is 11.7. The SMILES string of the molecule is CN1C[C@H](c2cc(Cl)cc(Cl)c2)OC1=O. The molecule has 2 rings (SSSR count). The van der Waals surface area contributed by atoms with E-state index >= 15 is 0 Å². The van der Waals surface area contributed by atoms with Crippen molar-refractivity contribution in [3.63, 3.8) is 0 Å². The molecule has 0 spiro atoms. The highest BCUT2D eigenvalue weighted by atomic mass is 35.5. The molecule has 1 saturated heterocycles. The van der Waals surface area contributed by atoms with Gasteiger partial charge in [-0.05, 0) is 23.8 Å². The van der Waals surface area contributed by atoms with Gasteiger partial charge in [0.05, 0.1) is 6.54 Å². The fraction of sp³-hybridized carbons (Fsp3) is 0.300. The molecule has 0 bridgehead atoms. The molecular weight excluding hydrogens is 237 g/mol. The molecular formula is C10H9Cl2NO2. The summed E-state index contributed by atoms with van der Waals surface area (Å²) in [7, 11) is 1.69. The van der Waals surface area contributed by atoms with Crippen LogP contribution in [0.5, 0.6) is 0 Å². The summed E-state index contributed by atoms with van der Waals surface area (Å²) in [5.41, 5.74) is 0.824. The van der Waals surface area contributed by atoms with E-state index in [0.29, 0.717) is 16.6 Å². The predicted molar refractivity (Wildman–Crippen MR) is 58.3 cm³/mol. The van der Waals surface area contributed by atoms with Gasteiger partial charge in [0.25, 0.3) is 0 Å². The molecule has 0 saturated carbocycles. The molecule has 3 nitrogen and oxygen atoms in total. The minimum absolute atomic E-state index is 0.279. The van der Waals surface area contributed by atoms with Crippen molar-refractivity contribution in [1.29, 1.82) is 0 Å². The fourth-order valence-electron chi connectivity index (χ4n) is 1.51. The van der Waals surface area contributed by atoms with Gasteiger partial charge in [0, 0.05) is 17.1 Å². The first-order valence-electron chi connectivity index (χ1n) is 4.44. The number of cyclic esters (lactones) is 1. The molecule has 0 aromatic heterocycles. The number of amides is 1. The highest BCUT2D eigenvalue weighted by Crippen LogP contribution is 2.29. The number of hydrogen-bond donors (Lipinski definition) is 0. The number of ether oxygens (including phenoxy) is 1. The van der Waals surface area contributed by atoms with Crippen LogP contribution in [0.4, 0.5) is 4.79 Å². The lowest BCUT2D eigenvalue weighted by Crippen LogP contribution is -2.17. The number of carbonyl (C=O) groups excluding carboxylic acids is 1. The lowest BCUT2D eigenvalue weighted by atomic mass is 10.1. The van der Waals surface area contributed by atoms with E-state index in [1.807, 2.05) is 0 Å². The molecule has 1 aromatic rings. The van der Waals surface area contributed by atoms with Crippen LogP contribution in [-0.2, 0) is 4.74 Å². The molecule has 1 heterocycles. The zero-order chi connectivity index (χ0) is 11.0. The van der Waals surface area contributed by atoms with Crippen LogP contribution in [-0.4, -0.2) is 24.6 Å². The van der Waals surface area contributed by atoms with Crippen LogP contribution in [0, 0.1) is 0 Å². The van der Waals surface area contributed by atoms with E-state index in [0.717, 1.165) is 5.56 Å². The highest BCUT2D eigenvalue weighted by molar-refractivity contribution is 6.34. The second kappa shape index (κ2) is 3.91. The van der Waals surface area contributed by atoms with Gasteiger partial charge in [0.2, 0.25) is 0 Å². The second-order valence-electron chi connectivity index (χ2n) is 3.46. The third kappa shape index (κ3) is 2.19. The van der Waals surface area contributed by atoms with Gasteiger partial charge in [-0.3, -0.25) is 0 Å². The Labute approximate surface area is 97.5 Å². The minimum Gasteiger partial charge on any atom is -0.439 e. The predicted octanol–water partition coefficient (Wildman–Crippen LogP) is 3.12. The van der Waals surface area contributed by atoms with Crippen LogP contribution in [0.15, 0.2) is 18.2 Å². The van der Waals surface area contributed by atoms with Crippen LogP contribution in [0.25, 0.3) is 0 Å². The maximum atomic E-state index is 11.2. The first-order valence-corrected chi connectivity index (χ1v) is 5.19. The highest BCUT2D eigenvalue weighted by Gasteiger charge is 2.29. The Hall–Kier alpha value is -0.930. The van der Waals surface area contributed by atoms with Crippen molar-refractivity contribution in [3.05, 3.63) is 33.8 Å². The number of rotatable bonds is 1. The molecule has 5 heteroatoms. The number of benzene rings is 1. The molecule has 15 heavy (non-hydrogen) atoms. The van der Waals surface area contributed by atoms with Gasteiger partial charge in [-0.15, -0.1) is 0 Å². The third-order valence-electron chi connectivity index (χ3n) is 2.25. The normalized spacial score (nSPS) is 20.6. The zero-order valence-electron chi connectivity index (χ0n) is 8.04. The molecule has 0 N–H and O–H groups in total. The summed E-state index contributed by atoms with van der Waals surface area (Å²) in [6, 6.07) is 5.15. The fourth-order valence-corrected chi connectivity index (χ4v) is 2.05. The van der Waals surface area contributed by atoms with Crippen LogP contribution < -0.4 is 0 Å². The van der Waals surface area contributed by atoms with E-state index in [4.69, 9.17) is 27.9 Å². The van der Waals surface area contributed by atoms with E-state index in [1.165, 1.54) is 4.90 Å². The molecule has 0 aliphatic carbocycles. The van der Waals surface area contributed by atoms with E-state index in [2.05, 4.69) is 0 Å². The average molecular weight is 246 g/mol. The van der Waals surface area contributed by atoms with Gasteiger partial charge in [-0.1, -0.05) is 23.2 Å². The quantitative estimate of drug-likeness (QED) is 0.761. The Morgan fingerprint density at radius 3 is 2.40 bits per heavy atom. The summed E-state index contributed by atoms with van der Waals surface area (Å²) in [6.45, 7) is 0.523. The van der Waals surface area contributed by atoms with E-state index < -0.39 is 0 Å². The Bertz CT molecular complexity index is 388. The number of nitrogens with zero attached hydrogens (tertiary/aromatic N) is 1. The van der Waals surface area contributed by atoms with Gasteiger partial charge < -0.3 is 9.64 Å². The summed E-state index contributed by atoms with van der Waals surface area (Å²) in [5, 5.41) is 1.09. The molecule has 1 atom stereocenters. The summed E-state index contributed by atoms with van der Waals surface area (Å²) in [6.07, 6.45) is -0.602. The average Bonchev–Trinajstić information content (AvgIpc) is 2.45. The molecule has 80 valence electrons. The number of halogens is 2. The Kier molecular flexibility index (Phi) is 2.76. The molecule has 1 fully saturated rings. The lowest BCUT2D eigenvalue weighted by molar-refractivity contribution is 0.135.